The number of carbonyl (C=O) groups is 1. The van der Waals surface area contributed by atoms with Crippen molar-refractivity contribution in [2.24, 2.45) is 5.10 Å². The minimum Gasteiger partial charge on any atom is -0.463 e. The van der Waals surface area contributed by atoms with E-state index in [1.54, 1.807) is 24.5 Å². The van der Waals surface area contributed by atoms with Gasteiger partial charge in [0.15, 0.2) is 11.5 Å². The summed E-state index contributed by atoms with van der Waals surface area (Å²) >= 11 is 0. The molecule has 0 saturated heterocycles. The lowest BCUT2D eigenvalue weighted by molar-refractivity contribution is 0.0950. The van der Waals surface area contributed by atoms with Crippen LogP contribution in [0.5, 0.6) is 0 Å². The molecule has 0 saturated carbocycles. The number of amides is 1. The van der Waals surface area contributed by atoms with Crippen LogP contribution in [-0.4, -0.2) is 21.8 Å². The molecule has 2 aromatic heterocycles. The summed E-state index contributed by atoms with van der Waals surface area (Å²) in [6.07, 6.45) is 1.56. The Morgan fingerprint density at radius 2 is 2.05 bits per heavy atom. The minimum absolute atomic E-state index is 0.246. The normalized spacial score (nSPS) is 11.4. The number of rotatable bonds is 4. The predicted octanol–water partition coefficient (Wildman–Crippen LogP) is 2.82. The third-order valence-electron chi connectivity index (χ3n) is 3.11. The Labute approximate surface area is 126 Å². The quantitative estimate of drug-likeness (QED) is 0.573. The summed E-state index contributed by atoms with van der Waals surface area (Å²) in [6, 6.07) is 14.8. The Hall–Kier alpha value is -3.15. The van der Waals surface area contributed by atoms with E-state index in [1.807, 2.05) is 37.3 Å². The van der Waals surface area contributed by atoms with Crippen molar-refractivity contribution in [3.63, 3.8) is 0 Å². The molecule has 0 fully saturated rings. The highest BCUT2D eigenvalue weighted by atomic mass is 16.3. The number of furan rings is 1. The summed E-state index contributed by atoms with van der Waals surface area (Å²) in [6.45, 7) is 1.83. The van der Waals surface area contributed by atoms with Crippen LogP contribution in [0.4, 0.5) is 0 Å². The molecule has 2 N–H and O–H groups in total. The molecule has 6 heteroatoms. The van der Waals surface area contributed by atoms with Crippen molar-refractivity contribution in [1.29, 1.82) is 0 Å². The number of hydrogen-bond donors (Lipinski definition) is 2. The van der Waals surface area contributed by atoms with E-state index in [9.17, 15) is 4.79 Å². The fraction of sp³-hybridized carbons (Fsp3) is 0.0625. The molecule has 0 unspecified atom stereocenters. The smallest absolute Gasteiger partial charge is 0.291 e. The number of aromatic nitrogens is 2. The zero-order chi connectivity index (χ0) is 15.4. The van der Waals surface area contributed by atoms with Gasteiger partial charge in [-0.05, 0) is 24.6 Å². The van der Waals surface area contributed by atoms with E-state index in [4.69, 9.17) is 4.42 Å². The highest BCUT2D eigenvalue weighted by Crippen LogP contribution is 2.17. The van der Waals surface area contributed by atoms with E-state index in [1.165, 1.54) is 0 Å². The topological polar surface area (TPSA) is 83.3 Å². The molecule has 0 aliphatic rings. The first-order chi connectivity index (χ1) is 10.7. The molecule has 0 spiro atoms. The number of carbonyl (C=O) groups excluding carboxylic acids is 1. The van der Waals surface area contributed by atoms with Crippen molar-refractivity contribution >= 4 is 11.6 Å². The molecule has 110 valence electrons. The van der Waals surface area contributed by atoms with E-state index in [0.29, 0.717) is 11.5 Å². The first-order valence-electron chi connectivity index (χ1n) is 6.73. The summed E-state index contributed by atoms with van der Waals surface area (Å²) in [7, 11) is 0. The third kappa shape index (κ3) is 2.95. The summed E-state index contributed by atoms with van der Waals surface area (Å²) < 4.78 is 5.24. The highest BCUT2D eigenvalue weighted by molar-refractivity contribution is 6.00. The van der Waals surface area contributed by atoms with Crippen molar-refractivity contribution in [1.82, 2.24) is 15.6 Å². The fourth-order valence-corrected chi connectivity index (χ4v) is 1.93. The van der Waals surface area contributed by atoms with Gasteiger partial charge in [0.25, 0.3) is 5.91 Å². The van der Waals surface area contributed by atoms with Gasteiger partial charge in [0.05, 0.1) is 12.0 Å². The molecule has 6 nitrogen and oxygen atoms in total. The maximum Gasteiger partial charge on any atom is 0.291 e. The van der Waals surface area contributed by atoms with E-state index in [-0.39, 0.29) is 11.6 Å². The SMILES string of the molecule is C/C(=N/NC(=O)c1cc(-c2ccco2)[nH]n1)c1ccccc1. The number of nitrogens with one attached hydrogen (secondary N) is 2. The van der Waals surface area contributed by atoms with E-state index < -0.39 is 0 Å². The number of H-pyrrole nitrogens is 1. The van der Waals surface area contributed by atoms with Crippen LogP contribution < -0.4 is 5.43 Å². The third-order valence-corrected chi connectivity index (χ3v) is 3.11. The second-order valence-corrected chi connectivity index (χ2v) is 4.65. The number of benzene rings is 1. The van der Waals surface area contributed by atoms with Gasteiger partial charge in [-0.2, -0.15) is 10.2 Å². The number of nitrogens with zero attached hydrogens (tertiary/aromatic N) is 2. The number of hydrazone groups is 1. The van der Waals surface area contributed by atoms with Gasteiger partial charge in [0.1, 0.15) is 5.69 Å². The Morgan fingerprint density at radius 3 is 2.77 bits per heavy atom. The number of hydrogen-bond acceptors (Lipinski definition) is 4. The second kappa shape index (κ2) is 6.09. The average molecular weight is 294 g/mol. The first-order valence-corrected chi connectivity index (χ1v) is 6.73. The second-order valence-electron chi connectivity index (χ2n) is 4.65. The van der Waals surface area contributed by atoms with Gasteiger partial charge in [0.2, 0.25) is 0 Å². The molecular weight excluding hydrogens is 280 g/mol. The Morgan fingerprint density at radius 1 is 1.23 bits per heavy atom. The maximum absolute atomic E-state index is 12.0. The molecular formula is C16H14N4O2. The van der Waals surface area contributed by atoms with Crippen LogP contribution in [0.2, 0.25) is 0 Å². The summed E-state index contributed by atoms with van der Waals surface area (Å²) in [5.41, 5.74) is 5.04. The summed E-state index contributed by atoms with van der Waals surface area (Å²) in [5.74, 6) is 0.236. The van der Waals surface area contributed by atoms with E-state index >= 15 is 0 Å². The highest BCUT2D eigenvalue weighted by Gasteiger charge is 2.12. The van der Waals surface area contributed by atoms with Crippen LogP contribution in [0, 0.1) is 0 Å². The Bertz CT molecular complexity index is 789. The van der Waals surface area contributed by atoms with Crippen LogP contribution in [0.3, 0.4) is 0 Å². The van der Waals surface area contributed by atoms with Crippen molar-refractivity contribution in [3.05, 3.63) is 66.1 Å². The Kier molecular flexibility index (Phi) is 3.82. The van der Waals surface area contributed by atoms with E-state index in [2.05, 4.69) is 20.7 Å². The fourth-order valence-electron chi connectivity index (χ4n) is 1.93. The van der Waals surface area contributed by atoms with Gasteiger partial charge in [-0.25, -0.2) is 5.43 Å². The van der Waals surface area contributed by atoms with Crippen molar-refractivity contribution < 1.29 is 9.21 Å². The minimum atomic E-state index is -0.385. The Balaban J connectivity index is 1.70. The standard InChI is InChI=1S/C16H14N4O2/c1-11(12-6-3-2-4-7-12)17-20-16(21)14-10-13(18-19-14)15-8-5-9-22-15/h2-10H,1H3,(H,18,19)(H,20,21)/b17-11-. The van der Waals surface area contributed by atoms with E-state index in [0.717, 1.165) is 11.3 Å². The number of aromatic amines is 1. The predicted molar refractivity (Wildman–Crippen MR) is 82.4 cm³/mol. The average Bonchev–Trinajstić information content (AvgIpc) is 3.23. The maximum atomic E-state index is 12.0. The van der Waals surface area contributed by atoms with Gasteiger partial charge >= 0.3 is 0 Å². The first kappa shape index (κ1) is 13.8. The van der Waals surface area contributed by atoms with Crippen LogP contribution >= 0.6 is 0 Å². The van der Waals surface area contributed by atoms with Crippen molar-refractivity contribution in [2.45, 2.75) is 6.92 Å². The summed E-state index contributed by atoms with van der Waals surface area (Å²) in [4.78, 5) is 12.0. The molecule has 1 aromatic carbocycles. The van der Waals surface area contributed by atoms with Crippen molar-refractivity contribution in [2.75, 3.05) is 0 Å². The van der Waals surface area contributed by atoms with Crippen molar-refractivity contribution in [3.8, 4) is 11.5 Å². The monoisotopic (exact) mass is 294 g/mol. The van der Waals surface area contributed by atoms with Crippen LogP contribution in [0.15, 0.2) is 64.3 Å². The molecule has 0 bridgehead atoms. The molecule has 3 rings (SSSR count). The zero-order valence-electron chi connectivity index (χ0n) is 11.9. The van der Waals surface area contributed by atoms with Gasteiger partial charge in [-0.15, -0.1) is 0 Å². The van der Waals surface area contributed by atoms with Gasteiger partial charge in [-0.3, -0.25) is 9.89 Å². The van der Waals surface area contributed by atoms with Gasteiger partial charge < -0.3 is 4.42 Å². The molecule has 0 radical (unpaired) electrons. The molecule has 0 aliphatic carbocycles. The lowest BCUT2D eigenvalue weighted by Gasteiger charge is -2.00. The van der Waals surface area contributed by atoms with Crippen LogP contribution in [0.1, 0.15) is 23.0 Å². The molecule has 2 heterocycles. The molecule has 0 aliphatic heterocycles. The summed E-state index contributed by atoms with van der Waals surface area (Å²) in [5, 5.41) is 10.8. The molecule has 22 heavy (non-hydrogen) atoms. The van der Waals surface area contributed by atoms with Crippen LogP contribution in [0.25, 0.3) is 11.5 Å². The lowest BCUT2D eigenvalue weighted by Crippen LogP contribution is -2.19. The molecule has 1 amide bonds. The lowest BCUT2D eigenvalue weighted by atomic mass is 10.1. The molecule has 3 aromatic rings. The zero-order valence-corrected chi connectivity index (χ0v) is 11.9. The van der Waals surface area contributed by atoms with Gasteiger partial charge in [0, 0.05) is 6.07 Å². The molecule has 0 atom stereocenters. The largest absolute Gasteiger partial charge is 0.463 e. The van der Waals surface area contributed by atoms with Gasteiger partial charge in [-0.1, -0.05) is 30.3 Å². The van der Waals surface area contributed by atoms with Crippen LogP contribution in [-0.2, 0) is 0 Å².